The van der Waals surface area contributed by atoms with E-state index in [1.165, 1.54) is 7.11 Å². The number of hydrogen-bond donors (Lipinski definition) is 0. The fraction of sp³-hybridized carbons (Fsp3) is 0.333. The maximum atomic E-state index is 12.4. The number of rotatable bonds is 11. The van der Waals surface area contributed by atoms with Gasteiger partial charge in [0.2, 0.25) is 0 Å². The molecule has 1 aromatic heterocycles. The Morgan fingerprint density at radius 3 is 2.58 bits per heavy atom. The van der Waals surface area contributed by atoms with Crippen LogP contribution in [-0.4, -0.2) is 44.4 Å². The van der Waals surface area contributed by atoms with Crippen molar-refractivity contribution in [3.63, 3.8) is 0 Å². The van der Waals surface area contributed by atoms with Crippen LogP contribution >= 0.6 is 0 Å². The molecule has 0 radical (unpaired) electrons. The van der Waals surface area contributed by atoms with Gasteiger partial charge >= 0.3 is 5.97 Å². The molecule has 3 aromatic rings. The van der Waals surface area contributed by atoms with Crippen LogP contribution in [0.3, 0.4) is 0 Å². The molecule has 2 aromatic carbocycles. The van der Waals surface area contributed by atoms with Gasteiger partial charge in [-0.3, -0.25) is 4.98 Å². The quantitative estimate of drug-likeness (QED) is 0.248. The van der Waals surface area contributed by atoms with E-state index in [0.717, 1.165) is 53.3 Å². The maximum absolute atomic E-state index is 12.4. The van der Waals surface area contributed by atoms with Crippen LogP contribution in [0.4, 0.5) is 5.69 Å². The lowest BCUT2D eigenvalue weighted by molar-refractivity contribution is -0.136. The number of unbranched alkanes of at least 4 members (excludes halogenated alkanes) is 1. The van der Waals surface area contributed by atoms with Crippen LogP contribution in [-0.2, 0) is 20.8 Å². The van der Waals surface area contributed by atoms with E-state index >= 15 is 0 Å². The molecule has 0 spiro atoms. The highest BCUT2D eigenvalue weighted by Crippen LogP contribution is 2.33. The van der Waals surface area contributed by atoms with Gasteiger partial charge in [0.05, 0.1) is 26.0 Å². The van der Waals surface area contributed by atoms with Crippen molar-refractivity contribution in [1.29, 1.82) is 0 Å². The summed E-state index contributed by atoms with van der Waals surface area (Å²) in [4.78, 5) is 19.2. The van der Waals surface area contributed by atoms with E-state index in [9.17, 15) is 4.79 Å². The molecule has 0 amide bonds. The Kier molecular flexibility index (Phi) is 9.11. The van der Waals surface area contributed by atoms with Crippen LogP contribution in [0.5, 0.6) is 5.75 Å². The van der Waals surface area contributed by atoms with E-state index in [0.29, 0.717) is 38.3 Å². The van der Waals surface area contributed by atoms with Crippen LogP contribution in [0.2, 0.25) is 0 Å². The summed E-state index contributed by atoms with van der Waals surface area (Å²) in [5.41, 5.74) is 5.88. The highest BCUT2D eigenvalue weighted by Gasteiger charge is 2.21. The molecule has 6 heteroatoms. The Balaban J connectivity index is 1.52. The molecule has 0 fully saturated rings. The summed E-state index contributed by atoms with van der Waals surface area (Å²) >= 11 is 0. The highest BCUT2D eigenvalue weighted by molar-refractivity contribution is 5.96. The molecular weight excluding hydrogens is 452 g/mol. The average molecular weight is 487 g/mol. The first-order chi connectivity index (χ1) is 17.7. The predicted octanol–water partition coefficient (Wildman–Crippen LogP) is 5.91. The second kappa shape index (κ2) is 12.9. The minimum atomic E-state index is -0.286. The molecule has 4 rings (SSSR count). The van der Waals surface area contributed by atoms with E-state index in [-0.39, 0.29) is 5.97 Å². The summed E-state index contributed by atoms with van der Waals surface area (Å²) in [6.07, 6.45) is 6.58. The van der Waals surface area contributed by atoms with Crippen molar-refractivity contribution in [1.82, 2.24) is 4.98 Å². The number of nitrogens with zero attached hydrogens (tertiary/aromatic N) is 2. The topological polar surface area (TPSA) is 60.9 Å². The number of fused-ring (bicyclic) bond motifs is 1. The van der Waals surface area contributed by atoms with Crippen molar-refractivity contribution in [2.24, 2.45) is 0 Å². The number of carbonyl (C=O) groups excluding carboxylic acids is 1. The van der Waals surface area contributed by atoms with Crippen LogP contribution < -0.4 is 9.64 Å². The molecule has 6 nitrogen and oxygen atoms in total. The molecule has 1 aliphatic heterocycles. The maximum Gasteiger partial charge on any atom is 0.333 e. The summed E-state index contributed by atoms with van der Waals surface area (Å²) in [6, 6.07) is 20.4. The number of hydrogen-bond acceptors (Lipinski definition) is 6. The molecule has 0 atom stereocenters. The smallest absolute Gasteiger partial charge is 0.333 e. The van der Waals surface area contributed by atoms with Crippen molar-refractivity contribution in [3.8, 4) is 16.9 Å². The third-order valence-electron chi connectivity index (χ3n) is 6.20. The molecular formula is C30H34N2O4. The molecule has 1 aliphatic rings. The molecule has 0 saturated heterocycles. The normalized spacial score (nSPS) is 12.9. The van der Waals surface area contributed by atoms with Gasteiger partial charge < -0.3 is 19.1 Å². The van der Waals surface area contributed by atoms with E-state index in [2.05, 4.69) is 47.1 Å². The largest absolute Gasteiger partial charge is 0.491 e. The number of anilines is 1. The number of aromatic nitrogens is 1. The zero-order valence-electron chi connectivity index (χ0n) is 21.1. The first-order valence-corrected chi connectivity index (χ1v) is 12.6. The van der Waals surface area contributed by atoms with Crippen LogP contribution in [0.15, 0.2) is 72.4 Å². The molecule has 0 N–H and O–H groups in total. The SMILES string of the molecule is CCCCOCCOc1ccc(-c2ccc3c(c2)C=C(C(=O)OC)CCN3Cc2ccccn2)cc1. The van der Waals surface area contributed by atoms with E-state index in [4.69, 9.17) is 14.2 Å². The third kappa shape index (κ3) is 6.73. The Morgan fingerprint density at radius 1 is 1.00 bits per heavy atom. The zero-order chi connectivity index (χ0) is 25.2. The molecule has 36 heavy (non-hydrogen) atoms. The lowest BCUT2D eigenvalue weighted by Crippen LogP contribution is -2.25. The number of carbonyl (C=O) groups is 1. The summed E-state index contributed by atoms with van der Waals surface area (Å²) in [5, 5.41) is 0. The lowest BCUT2D eigenvalue weighted by Gasteiger charge is -2.25. The van der Waals surface area contributed by atoms with Crippen molar-refractivity contribution in [3.05, 3.63) is 83.7 Å². The minimum absolute atomic E-state index is 0.286. The number of benzene rings is 2. The number of methoxy groups -OCH3 is 1. The second-order valence-electron chi connectivity index (χ2n) is 8.77. The number of esters is 1. The van der Waals surface area contributed by atoms with Crippen molar-refractivity contribution >= 4 is 17.7 Å². The first-order valence-electron chi connectivity index (χ1n) is 12.6. The van der Waals surface area contributed by atoms with E-state index in [1.807, 2.05) is 42.6 Å². The van der Waals surface area contributed by atoms with Crippen LogP contribution in [0, 0.1) is 0 Å². The molecule has 2 heterocycles. The molecule has 0 aliphatic carbocycles. The fourth-order valence-corrected chi connectivity index (χ4v) is 4.23. The Labute approximate surface area is 213 Å². The molecule has 0 saturated carbocycles. The zero-order valence-corrected chi connectivity index (χ0v) is 21.1. The lowest BCUT2D eigenvalue weighted by atomic mass is 10.00. The van der Waals surface area contributed by atoms with Crippen molar-refractivity contribution in [2.45, 2.75) is 32.7 Å². The standard InChI is InChI=1S/C30H34N2O4/c1-3-4-17-35-18-19-36-28-11-8-23(9-12-28)24-10-13-29-26(20-24)21-25(30(33)34-2)14-16-32(29)22-27-7-5-6-15-31-27/h5-13,15,20-21H,3-4,14,16-19,22H2,1-2H3. The highest BCUT2D eigenvalue weighted by atomic mass is 16.5. The van der Waals surface area contributed by atoms with Gasteiger partial charge in [0, 0.05) is 30.6 Å². The van der Waals surface area contributed by atoms with Gasteiger partial charge in [0.1, 0.15) is 12.4 Å². The van der Waals surface area contributed by atoms with Gasteiger partial charge in [-0.1, -0.05) is 37.6 Å². The second-order valence-corrected chi connectivity index (χ2v) is 8.77. The summed E-state index contributed by atoms with van der Waals surface area (Å²) in [7, 11) is 1.43. The average Bonchev–Trinajstić information content (AvgIpc) is 3.10. The van der Waals surface area contributed by atoms with Crippen molar-refractivity contribution < 1.29 is 19.0 Å². The monoisotopic (exact) mass is 486 g/mol. The van der Waals surface area contributed by atoms with Gasteiger partial charge in [-0.15, -0.1) is 0 Å². The first kappa shape index (κ1) is 25.5. The van der Waals surface area contributed by atoms with Gasteiger partial charge in [0.25, 0.3) is 0 Å². The third-order valence-corrected chi connectivity index (χ3v) is 6.20. The number of pyridine rings is 1. The molecule has 0 unspecified atom stereocenters. The predicted molar refractivity (Wildman–Crippen MR) is 143 cm³/mol. The van der Waals surface area contributed by atoms with Gasteiger partial charge in [-0.25, -0.2) is 4.79 Å². The number of ether oxygens (including phenoxy) is 3. The van der Waals surface area contributed by atoms with Gasteiger partial charge in [-0.05, 0) is 72.0 Å². The summed E-state index contributed by atoms with van der Waals surface area (Å²) < 4.78 is 16.4. The Hall–Kier alpha value is -3.64. The summed E-state index contributed by atoms with van der Waals surface area (Å²) in [5.74, 6) is 0.535. The van der Waals surface area contributed by atoms with Crippen LogP contribution in [0.1, 0.15) is 37.4 Å². The molecule has 0 bridgehead atoms. The van der Waals surface area contributed by atoms with Gasteiger partial charge in [0.15, 0.2) is 0 Å². The van der Waals surface area contributed by atoms with Gasteiger partial charge in [-0.2, -0.15) is 0 Å². The minimum Gasteiger partial charge on any atom is -0.491 e. The van der Waals surface area contributed by atoms with E-state index < -0.39 is 0 Å². The molecule has 188 valence electrons. The fourth-order valence-electron chi connectivity index (χ4n) is 4.23. The Morgan fingerprint density at radius 2 is 1.83 bits per heavy atom. The van der Waals surface area contributed by atoms with Crippen LogP contribution in [0.25, 0.3) is 17.2 Å². The summed E-state index contributed by atoms with van der Waals surface area (Å²) in [6.45, 7) is 5.44. The van der Waals surface area contributed by atoms with Crippen molar-refractivity contribution in [2.75, 3.05) is 38.4 Å². The van der Waals surface area contributed by atoms with E-state index in [1.54, 1.807) is 0 Å². The Bertz CT molecular complexity index is 1160.